The van der Waals surface area contributed by atoms with Gasteiger partial charge in [-0.15, -0.1) is 33.2 Å². The highest BCUT2D eigenvalue weighted by Crippen LogP contribution is 2.37. The predicted molar refractivity (Wildman–Crippen MR) is 265 cm³/mol. The SMILES string of the molecule is [B]c1c([B])c([B])c(-c2c([B])c([B])c([B])c3c2sc2c([B])c(-c4nc(-c5ccc(-c6ccccc6)cc5)nc(-c5ccc(-c6ccccc6)cc5)n4)c([B])c([B])c23)c([B])c1[B]. The van der Waals surface area contributed by atoms with Gasteiger partial charge in [0.25, 0.3) is 0 Å². The maximum atomic E-state index is 7.14. The largest absolute Gasteiger partial charge is 0.208 e. The molecule has 0 aliphatic carbocycles. The summed E-state index contributed by atoms with van der Waals surface area (Å²) >= 11 is 1.24. The molecule has 0 bridgehead atoms. The van der Waals surface area contributed by atoms with E-state index in [0.717, 1.165) is 33.4 Å². The lowest BCUT2D eigenvalue weighted by molar-refractivity contribution is 1.08. The van der Waals surface area contributed by atoms with Gasteiger partial charge in [0.2, 0.25) is 0 Å². The van der Waals surface area contributed by atoms with Crippen molar-refractivity contribution in [2.24, 2.45) is 0 Å². The van der Waals surface area contributed by atoms with Crippen LogP contribution in [0.4, 0.5) is 0 Å². The van der Waals surface area contributed by atoms with Crippen molar-refractivity contribution in [3.8, 4) is 67.5 Å². The van der Waals surface area contributed by atoms with E-state index in [1.807, 2.05) is 84.9 Å². The molecule has 3 nitrogen and oxygen atoms in total. The van der Waals surface area contributed by atoms with Crippen molar-refractivity contribution < 1.29 is 0 Å². The molecule has 0 atom stereocenters. The van der Waals surface area contributed by atoms with Crippen molar-refractivity contribution in [1.82, 2.24) is 15.0 Å². The van der Waals surface area contributed by atoms with Gasteiger partial charge in [0.1, 0.15) is 86.3 Å². The molecule has 15 heteroatoms. The van der Waals surface area contributed by atoms with Crippen molar-refractivity contribution in [3.63, 3.8) is 0 Å². The van der Waals surface area contributed by atoms with Gasteiger partial charge in [-0.1, -0.05) is 147 Å². The van der Waals surface area contributed by atoms with Crippen molar-refractivity contribution >= 4 is 178 Å². The lowest BCUT2D eigenvalue weighted by atomic mass is 9.58. The van der Waals surface area contributed by atoms with Gasteiger partial charge in [-0.3, -0.25) is 0 Å². The zero-order valence-corrected chi connectivity index (χ0v) is 32.8. The minimum absolute atomic E-state index is 0.0390. The first-order valence-electron chi connectivity index (χ1n) is 18.6. The van der Waals surface area contributed by atoms with E-state index >= 15 is 0 Å². The van der Waals surface area contributed by atoms with E-state index in [0.29, 0.717) is 42.9 Å². The van der Waals surface area contributed by atoms with Crippen LogP contribution in [-0.2, 0) is 0 Å². The van der Waals surface area contributed by atoms with Gasteiger partial charge in [-0.05, 0) is 44.2 Å². The topological polar surface area (TPSA) is 38.7 Å². The van der Waals surface area contributed by atoms with Crippen LogP contribution in [0, 0.1) is 0 Å². The van der Waals surface area contributed by atoms with E-state index in [1.165, 1.54) is 11.3 Å². The number of hydrogen-bond acceptors (Lipinski definition) is 4. The summed E-state index contributed by atoms with van der Waals surface area (Å²) in [4.78, 5) is 14.9. The first-order chi connectivity index (χ1) is 28.8. The summed E-state index contributed by atoms with van der Waals surface area (Å²) in [5.74, 6) is 0.995. The first-order valence-corrected chi connectivity index (χ1v) is 19.5. The molecule has 0 N–H and O–H groups in total. The van der Waals surface area contributed by atoms with Crippen LogP contribution in [-0.4, -0.2) is 101 Å². The maximum absolute atomic E-state index is 7.14. The zero-order valence-electron chi connectivity index (χ0n) is 32.0. The predicted octanol–water partition coefficient (Wildman–Crippen LogP) is -1.03. The molecule has 7 aromatic carbocycles. The number of hydrogen-bond donors (Lipinski definition) is 0. The summed E-state index contributed by atoms with van der Waals surface area (Å²) in [7, 11) is 72.9. The van der Waals surface area contributed by atoms with E-state index in [9.17, 15) is 0 Å². The number of benzene rings is 7. The summed E-state index contributed by atoms with van der Waals surface area (Å²) in [5.41, 5.74) is 7.71. The third kappa shape index (κ3) is 6.48. The van der Waals surface area contributed by atoms with E-state index in [-0.39, 0.29) is 71.5 Å². The standard InChI is InChI=1S/C45H18B11N3S/c46-30-25(31(47)39(55)40(56)38(30)54)26-33(49)37(53)34(50)27-28-32(48)35(51)29(36(52)42(28)60-41(26)27)45-58-43(23-15-11-21(12-16-23)19-7-3-1-4-8-19)57-44(59-45)24-17-13-22(14-18-24)20-9-5-2-6-10-20/h1-18H. The highest BCUT2D eigenvalue weighted by atomic mass is 32.1. The van der Waals surface area contributed by atoms with Crippen LogP contribution < -0.4 is 60.1 Å². The van der Waals surface area contributed by atoms with Crippen LogP contribution in [0.2, 0.25) is 0 Å². The highest BCUT2D eigenvalue weighted by molar-refractivity contribution is 7.28. The minimum atomic E-state index is 0.0390. The second-order valence-electron chi connectivity index (χ2n) is 14.4. The summed E-state index contributed by atoms with van der Waals surface area (Å²) < 4.78 is 1.03. The molecule has 0 saturated carbocycles. The average molecular weight is 752 g/mol. The van der Waals surface area contributed by atoms with Gasteiger partial charge in [-0.2, -0.15) is 0 Å². The van der Waals surface area contributed by atoms with Gasteiger partial charge in [0.05, 0.1) is 0 Å². The van der Waals surface area contributed by atoms with E-state index in [4.69, 9.17) is 101 Å². The van der Waals surface area contributed by atoms with Crippen LogP contribution in [0.25, 0.3) is 87.7 Å². The normalized spacial score (nSPS) is 11.4. The quantitative estimate of drug-likeness (QED) is 0.205. The van der Waals surface area contributed by atoms with E-state index < -0.39 is 0 Å². The number of fused-ring (bicyclic) bond motifs is 3. The Balaban J connectivity index is 1.28. The third-order valence-electron chi connectivity index (χ3n) is 10.9. The molecule has 9 rings (SSSR count). The van der Waals surface area contributed by atoms with Gasteiger partial charge in [0.15, 0.2) is 17.5 Å². The lowest BCUT2D eigenvalue weighted by Gasteiger charge is -2.25. The Labute approximate surface area is 367 Å². The molecule has 0 aliphatic rings. The molecule has 0 saturated heterocycles. The second kappa shape index (κ2) is 15.5. The van der Waals surface area contributed by atoms with Crippen molar-refractivity contribution in [3.05, 3.63) is 109 Å². The molecule has 0 unspecified atom stereocenters. The van der Waals surface area contributed by atoms with Crippen LogP contribution in [0.15, 0.2) is 109 Å². The molecule has 2 aromatic heterocycles. The molecular formula is C45H18B11N3S. The smallest absolute Gasteiger partial charge is 0.164 e. The Bertz CT molecular complexity index is 3060. The van der Waals surface area contributed by atoms with Gasteiger partial charge >= 0.3 is 0 Å². The van der Waals surface area contributed by atoms with Crippen molar-refractivity contribution in [2.45, 2.75) is 0 Å². The van der Waals surface area contributed by atoms with E-state index in [1.54, 1.807) is 0 Å². The van der Waals surface area contributed by atoms with Crippen molar-refractivity contribution in [1.29, 1.82) is 0 Å². The Morgan fingerprint density at radius 1 is 0.267 bits per heavy atom. The summed E-state index contributed by atoms with van der Waals surface area (Å²) in [5, 5.41) is 0.899. The first kappa shape index (κ1) is 39.9. The number of thiophene rings is 1. The Hall–Kier alpha value is -5.52. The monoisotopic (exact) mass is 753 g/mol. The Morgan fingerprint density at radius 2 is 0.600 bits per heavy atom. The number of nitrogens with zero attached hydrogens (tertiary/aromatic N) is 3. The number of rotatable bonds is 6. The molecule has 0 spiro atoms. The van der Waals surface area contributed by atoms with Gasteiger partial charge in [0, 0.05) is 26.1 Å². The molecule has 0 fully saturated rings. The molecule has 22 radical (unpaired) electrons. The molecule has 252 valence electrons. The number of aromatic nitrogens is 3. The molecule has 0 aliphatic heterocycles. The van der Waals surface area contributed by atoms with Crippen LogP contribution in [0.3, 0.4) is 0 Å². The minimum Gasteiger partial charge on any atom is -0.208 e. The molecular weight excluding hydrogens is 734 g/mol. The third-order valence-corrected chi connectivity index (χ3v) is 12.1. The Kier molecular flexibility index (Phi) is 10.3. The molecule has 60 heavy (non-hydrogen) atoms. The molecule has 2 heterocycles. The average Bonchev–Trinajstić information content (AvgIpc) is 3.69. The summed E-state index contributed by atoms with van der Waals surface area (Å²) in [6.07, 6.45) is 0. The van der Waals surface area contributed by atoms with Crippen LogP contribution >= 0.6 is 11.3 Å². The fourth-order valence-electron chi connectivity index (χ4n) is 7.61. The summed E-state index contributed by atoms with van der Waals surface area (Å²) in [6, 6.07) is 36.1. The fourth-order valence-corrected chi connectivity index (χ4v) is 8.97. The molecule has 9 aromatic rings. The second-order valence-corrected chi connectivity index (χ2v) is 15.4. The van der Waals surface area contributed by atoms with E-state index in [2.05, 4.69) is 24.3 Å². The Morgan fingerprint density at radius 3 is 1.08 bits per heavy atom. The fraction of sp³-hybridized carbons (Fsp3) is 0. The van der Waals surface area contributed by atoms with Crippen LogP contribution in [0.5, 0.6) is 0 Å². The molecule has 0 amide bonds. The zero-order chi connectivity index (χ0) is 42.1. The van der Waals surface area contributed by atoms with Gasteiger partial charge in [-0.25, -0.2) is 15.0 Å². The lowest BCUT2D eigenvalue weighted by Crippen LogP contribution is -2.56. The summed E-state index contributed by atoms with van der Waals surface area (Å²) in [6.45, 7) is 0. The highest BCUT2D eigenvalue weighted by Gasteiger charge is 2.25. The van der Waals surface area contributed by atoms with Crippen LogP contribution in [0.1, 0.15) is 0 Å². The van der Waals surface area contributed by atoms with Crippen molar-refractivity contribution in [2.75, 3.05) is 0 Å². The maximum Gasteiger partial charge on any atom is 0.164 e. The van der Waals surface area contributed by atoms with Gasteiger partial charge < -0.3 is 0 Å².